The first-order valence-corrected chi connectivity index (χ1v) is 9.92. The van der Waals surface area contributed by atoms with Crippen molar-refractivity contribution in [2.75, 3.05) is 13.7 Å². The second-order valence-corrected chi connectivity index (χ2v) is 7.01. The summed E-state index contributed by atoms with van der Waals surface area (Å²) < 4.78 is 16.8. The van der Waals surface area contributed by atoms with Crippen LogP contribution in [-0.2, 0) is 11.4 Å². The highest BCUT2D eigenvalue weighted by Gasteiger charge is 2.06. The van der Waals surface area contributed by atoms with Crippen LogP contribution in [0.4, 0.5) is 0 Å². The Kier molecular flexibility index (Phi) is 7.65. The number of hydrogen-bond donors (Lipinski definition) is 1. The van der Waals surface area contributed by atoms with Crippen LogP contribution in [0.2, 0.25) is 0 Å². The maximum absolute atomic E-state index is 12.0. The number of benzene rings is 3. The van der Waals surface area contributed by atoms with Crippen molar-refractivity contribution in [1.29, 1.82) is 0 Å². The van der Waals surface area contributed by atoms with Crippen LogP contribution >= 0.6 is 0 Å². The third-order valence-electron chi connectivity index (χ3n) is 4.68. The first kappa shape index (κ1) is 21.9. The van der Waals surface area contributed by atoms with Gasteiger partial charge in [-0.3, -0.25) is 4.79 Å². The minimum atomic E-state index is -0.343. The van der Waals surface area contributed by atoms with Crippen LogP contribution in [0.25, 0.3) is 0 Å². The monoisotopic (exact) mass is 418 g/mol. The van der Waals surface area contributed by atoms with E-state index in [0.717, 1.165) is 16.7 Å². The number of ether oxygens (including phenoxy) is 3. The molecule has 0 bridgehead atoms. The summed E-state index contributed by atoms with van der Waals surface area (Å²) in [6.45, 7) is 4.35. The van der Waals surface area contributed by atoms with Gasteiger partial charge in [0.25, 0.3) is 5.91 Å². The lowest BCUT2D eigenvalue weighted by Gasteiger charge is -2.11. The van der Waals surface area contributed by atoms with Crippen molar-refractivity contribution in [1.82, 2.24) is 5.43 Å². The molecule has 6 heteroatoms. The molecular weight excluding hydrogens is 392 g/mol. The fourth-order valence-electron chi connectivity index (χ4n) is 2.78. The molecule has 0 radical (unpaired) electrons. The van der Waals surface area contributed by atoms with E-state index in [1.807, 2.05) is 74.5 Å². The molecule has 0 aliphatic carbocycles. The van der Waals surface area contributed by atoms with Gasteiger partial charge in [-0.15, -0.1) is 0 Å². The predicted octanol–water partition coefficient (Wildman–Crippen LogP) is 4.42. The molecule has 0 aromatic heterocycles. The highest BCUT2D eigenvalue weighted by Crippen LogP contribution is 2.28. The summed E-state index contributed by atoms with van der Waals surface area (Å²) in [5.74, 6) is 1.53. The number of aryl methyl sites for hydroxylation is 2. The van der Waals surface area contributed by atoms with Gasteiger partial charge in [-0.1, -0.05) is 36.4 Å². The molecule has 3 rings (SSSR count). The molecule has 31 heavy (non-hydrogen) atoms. The Morgan fingerprint density at radius 1 is 0.935 bits per heavy atom. The van der Waals surface area contributed by atoms with E-state index in [9.17, 15) is 4.79 Å². The van der Waals surface area contributed by atoms with Crippen LogP contribution < -0.4 is 19.6 Å². The molecule has 0 heterocycles. The summed E-state index contributed by atoms with van der Waals surface area (Å²) in [5.41, 5.74) is 6.58. The van der Waals surface area contributed by atoms with Crippen molar-refractivity contribution in [3.05, 3.63) is 89.0 Å². The van der Waals surface area contributed by atoms with Crippen LogP contribution in [0.3, 0.4) is 0 Å². The molecule has 0 spiro atoms. The lowest BCUT2D eigenvalue weighted by Crippen LogP contribution is -2.24. The van der Waals surface area contributed by atoms with Crippen LogP contribution in [0.15, 0.2) is 71.8 Å². The largest absolute Gasteiger partial charge is 0.493 e. The molecule has 0 unspecified atom stereocenters. The van der Waals surface area contributed by atoms with Crippen molar-refractivity contribution in [3.8, 4) is 17.2 Å². The maximum atomic E-state index is 12.0. The summed E-state index contributed by atoms with van der Waals surface area (Å²) in [6.07, 6.45) is 1.54. The molecule has 1 N–H and O–H groups in total. The summed E-state index contributed by atoms with van der Waals surface area (Å²) >= 11 is 0. The molecular formula is C25H26N2O4. The van der Waals surface area contributed by atoms with E-state index in [2.05, 4.69) is 10.5 Å². The molecule has 0 saturated carbocycles. The number of nitrogens with one attached hydrogen (secondary N) is 1. The molecule has 1 amide bonds. The maximum Gasteiger partial charge on any atom is 0.277 e. The highest BCUT2D eigenvalue weighted by atomic mass is 16.5. The lowest BCUT2D eigenvalue weighted by molar-refractivity contribution is -0.123. The molecule has 3 aromatic carbocycles. The second kappa shape index (κ2) is 10.8. The Labute approximate surface area is 182 Å². The fourth-order valence-corrected chi connectivity index (χ4v) is 2.78. The quantitative estimate of drug-likeness (QED) is 0.413. The number of carbonyl (C=O) groups excluding carboxylic acids is 1. The minimum Gasteiger partial charge on any atom is -0.493 e. The summed E-state index contributed by atoms with van der Waals surface area (Å²) in [6, 6.07) is 21.0. The third kappa shape index (κ3) is 6.60. The van der Waals surface area contributed by atoms with Gasteiger partial charge >= 0.3 is 0 Å². The third-order valence-corrected chi connectivity index (χ3v) is 4.68. The van der Waals surface area contributed by atoms with Crippen LogP contribution in [0, 0.1) is 13.8 Å². The van der Waals surface area contributed by atoms with E-state index in [1.54, 1.807) is 13.2 Å². The predicted molar refractivity (Wildman–Crippen MR) is 121 cm³/mol. The zero-order chi connectivity index (χ0) is 22.1. The Morgan fingerprint density at radius 2 is 1.74 bits per heavy atom. The molecule has 0 aliphatic heterocycles. The summed E-state index contributed by atoms with van der Waals surface area (Å²) in [4.78, 5) is 12.0. The van der Waals surface area contributed by atoms with Crippen molar-refractivity contribution < 1.29 is 19.0 Å². The van der Waals surface area contributed by atoms with Gasteiger partial charge in [0.15, 0.2) is 18.1 Å². The van der Waals surface area contributed by atoms with Gasteiger partial charge in [-0.2, -0.15) is 5.10 Å². The van der Waals surface area contributed by atoms with E-state index in [4.69, 9.17) is 14.2 Å². The molecule has 0 aliphatic rings. The number of rotatable bonds is 9. The molecule has 0 saturated heterocycles. The minimum absolute atomic E-state index is 0.116. The Bertz CT molecular complexity index is 1050. The van der Waals surface area contributed by atoms with Gasteiger partial charge in [0.05, 0.1) is 13.3 Å². The summed E-state index contributed by atoms with van der Waals surface area (Å²) in [5, 5.41) is 3.98. The van der Waals surface area contributed by atoms with Crippen molar-refractivity contribution in [2.24, 2.45) is 5.10 Å². The molecule has 160 valence electrons. The van der Waals surface area contributed by atoms with Crippen molar-refractivity contribution in [3.63, 3.8) is 0 Å². The van der Waals surface area contributed by atoms with Gasteiger partial charge in [0.2, 0.25) is 0 Å². The van der Waals surface area contributed by atoms with E-state index < -0.39 is 0 Å². The van der Waals surface area contributed by atoms with E-state index in [1.165, 1.54) is 11.8 Å². The van der Waals surface area contributed by atoms with Crippen LogP contribution in [-0.4, -0.2) is 25.8 Å². The zero-order valence-corrected chi connectivity index (χ0v) is 17.9. The van der Waals surface area contributed by atoms with Crippen LogP contribution in [0.1, 0.15) is 22.3 Å². The average Bonchev–Trinajstić information content (AvgIpc) is 2.79. The number of amides is 1. The van der Waals surface area contributed by atoms with Gasteiger partial charge in [0, 0.05) is 0 Å². The summed E-state index contributed by atoms with van der Waals surface area (Å²) in [7, 11) is 1.58. The average molecular weight is 418 g/mol. The zero-order valence-electron chi connectivity index (χ0n) is 17.9. The van der Waals surface area contributed by atoms with Gasteiger partial charge in [-0.05, 0) is 66.4 Å². The first-order chi connectivity index (χ1) is 15.0. The Hall–Kier alpha value is -3.80. The molecule has 0 fully saturated rings. The standard InChI is InChI=1S/C25H26N2O4/c1-18-9-11-22(13-19(18)2)30-17-25(28)27-26-15-21-10-12-23(24(14-21)29-3)31-16-20-7-5-4-6-8-20/h4-15H,16-17H2,1-3H3,(H,27,28)/b26-15+. The second-order valence-electron chi connectivity index (χ2n) is 7.01. The van der Waals surface area contributed by atoms with Gasteiger partial charge in [0.1, 0.15) is 12.4 Å². The number of nitrogens with zero attached hydrogens (tertiary/aromatic N) is 1. The van der Waals surface area contributed by atoms with Gasteiger partial charge < -0.3 is 14.2 Å². The topological polar surface area (TPSA) is 69.2 Å². The number of hydrazone groups is 1. The molecule has 3 aromatic rings. The highest BCUT2D eigenvalue weighted by molar-refractivity contribution is 5.83. The van der Waals surface area contributed by atoms with E-state index >= 15 is 0 Å². The Morgan fingerprint density at radius 3 is 2.48 bits per heavy atom. The lowest BCUT2D eigenvalue weighted by atomic mass is 10.1. The first-order valence-electron chi connectivity index (χ1n) is 9.92. The van der Waals surface area contributed by atoms with E-state index in [0.29, 0.717) is 23.9 Å². The fraction of sp³-hybridized carbons (Fsp3) is 0.200. The van der Waals surface area contributed by atoms with Crippen LogP contribution in [0.5, 0.6) is 17.2 Å². The smallest absolute Gasteiger partial charge is 0.277 e. The molecule has 0 atom stereocenters. The number of carbonyl (C=O) groups is 1. The molecule has 6 nitrogen and oxygen atoms in total. The van der Waals surface area contributed by atoms with E-state index in [-0.39, 0.29) is 12.5 Å². The number of methoxy groups -OCH3 is 1. The van der Waals surface area contributed by atoms with Gasteiger partial charge in [-0.25, -0.2) is 5.43 Å². The Balaban J connectivity index is 1.51. The normalized spacial score (nSPS) is 10.7. The number of hydrogen-bond acceptors (Lipinski definition) is 5. The SMILES string of the molecule is COc1cc(/C=N/NC(=O)COc2ccc(C)c(C)c2)ccc1OCc1ccccc1. The van der Waals surface area contributed by atoms with Crippen molar-refractivity contribution in [2.45, 2.75) is 20.5 Å². The van der Waals surface area contributed by atoms with Crippen molar-refractivity contribution >= 4 is 12.1 Å².